The van der Waals surface area contributed by atoms with Gasteiger partial charge < -0.3 is 5.11 Å². The summed E-state index contributed by atoms with van der Waals surface area (Å²) in [6.07, 6.45) is 1.39. The Labute approximate surface area is 107 Å². The second-order valence-corrected chi connectivity index (χ2v) is 5.65. The fourth-order valence-electron chi connectivity index (χ4n) is 1.27. The van der Waals surface area contributed by atoms with Crippen LogP contribution in [0.2, 0.25) is 0 Å². The molecule has 3 atom stereocenters. The Morgan fingerprint density at radius 1 is 1.11 bits per heavy atom. The SMILES string of the molecule is O=C(O)C(CCCCNC[P+](=O)O)NC[P+](=O)O. The second-order valence-electron chi connectivity index (χ2n) is 3.61. The molecule has 5 N–H and O–H groups in total. The van der Waals surface area contributed by atoms with Crippen molar-refractivity contribution in [2.75, 3.05) is 19.1 Å². The van der Waals surface area contributed by atoms with Crippen molar-refractivity contribution < 1.29 is 28.8 Å². The van der Waals surface area contributed by atoms with Crippen LogP contribution in [-0.4, -0.2) is 46.0 Å². The quantitative estimate of drug-likeness (QED) is 0.269. The molecule has 3 unspecified atom stereocenters. The summed E-state index contributed by atoms with van der Waals surface area (Å²) >= 11 is 0. The van der Waals surface area contributed by atoms with Crippen molar-refractivity contribution in [2.45, 2.75) is 25.3 Å². The third kappa shape index (κ3) is 10.7. The van der Waals surface area contributed by atoms with Crippen LogP contribution in [0.3, 0.4) is 0 Å². The smallest absolute Gasteiger partial charge is 0.480 e. The topological polar surface area (TPSA) is 136 Å². The zero-order chi connectivity index (χ0) is 14.0. The fraction of sp³-hybridized carbons (Fsp3) is 0.875. The van der Waals surface area contributed by atoms with Crippen molar-refractivity contribution >= 4 is 22.0 Å². The molecule has 0 heterocycles. The third-order valence-corrected chi connectivity index (χ3v) is 3.06. The summed E-state index contributed by atoms with van der Waals surface area (Å²) in [7, 11) is -4.57. The molecule has 0 aliphatic heterocycles. The van der Waals surface area contributed by atoms with Gasteiger partial charge in [0.2, 0.25) is 12.6 Å². The minimum atomic E-state index is -2.39. The van der Waals surface area contributed by atoms with Crippen LogP contribution in [0.1, 0.15) is 19.3 Å². The average molecular weight is 300 g/mol. The standard InChI is InChI=1S/C8H16N2O6P2/c11-8(12)7(10-6-18(15)16)3-1-2-4-9-5-17(13)14/h7,9-10H,1-6H2,(H-2,11,12,13,14,15,16)/p+2. The van der Waals surface area contributed by atoms with Gasteiger partial charge >= 0.3 is 22.0 Å². The lowest BCUT2D eigenvalue weighted by molar-refractivity contribution is -0.139. The van der Waals surface area contributed by atoms with Crippen LogP contribution in [-0.2, 0) is 13.9 Å². The lowest BCUT2D eigenvalue weighted by atomic mass is 10.1. The number of rotatable bonds is 11. The molecule has 0 rings (SSSR count). The van der Waals surface area contributed by atoms with Crippen molar-refractivity contribution in [3.05, 3.63) is 0 Å². The maximum absolute atomic E-state index is 10.8. The molecule has 0 saturated heterocycles. The molecular weight excluding hydrogens is 282 g/mol. The van der Waals surface area contributed by atoms with Gasteiger partial charge in [-0.3, -0.25) is 15.4 Å². The number of unbranched alkanes of at least 4 members (excludes halogenated alkanes) is 1. The first kappa shape index (κ1) is 17.5. The number of carboxylic acids is 1. The van der Waals surface area contributed by atoms with E-state index in [-0.39, 0.29) is 12.6 Å². The van der Waals surface area contributed by atoms with Gasteiger partial charge in [-0.1, -0.05) is 6.42 Å². The Morgan fingerprint density at radius 2 is 1.72 bits per heavy atom. The largest absolute Gasteiger partial charge is 0.521 e. The predicted molar refractivity (Wildman–Crippen MR) is 65.8 cm³/mol. The summed E-state index contributed by atoms with van der Waals surface area (Å²) in [5, 5.41) is 14.1. The minimum absolute atomic E-state index is 0.0287. The Morgan fingerprint density at radius 3 is 2.22 bits per heavy atom. The summed E-state index contributed by atoms with van der Waals surface area (Å²) in [4.78, 5) is 27.9. The first-order valence-electron chi connectivity index (χ1n) is 5.37. The monoisotopic (exact) mass is 300 g/mol. The number of nitrogens with one attached hydrogen (secondary N) is 2. The third-order valence-electron chi connectivity index (χ3n) is 2.11. The molecule has 0 aromatic carbocycles. The highest BCUT2D eigenvalue weighted by molar-refractivity contribution is 7.38. The first-order chi connectivity index (χ1) is 8.43. The van der Waals surface area contributed by atoms with Crippen LogP contribution in [0.4, 0.5) is 0 Å². The number of carboxylic acid groups (broad SMARTS) is 1. The van der Waals surface area contributed by atoms with E-state index in [1.54, 1.807) is 0 Å². The lowest BCUT2D eigenvalue weighted by Crippen LogP contribution is -2.36. The predicted octanol–water partition coefficient (Wildman–Crippen LogP) is 0.174. The molecule has 8 nitrogen and oxygen atoms in total. The van der Waals surface area contributed by atoms with E-state index in [2.05, 4.69) is 10.6 Å². The molecular formula is C8H18N2O6P2+2. The van der Waals surface area contributed by atoms with E-state index < -0.39 is 28.1 Å². The van der Waals surface area contributed by atoms with E-state index in [1.165, 1.54) is 0 Å². The highest BCUT2D eigenvalue weighted by Crippen LogP contribution is 2.11. The summed E-state index contributed by atoms with van der Waals surface area (Å²) in [6.45, 7) is 0.530. The normalized spacial score (nSPS) is 14.1. The molecule has 0 amide bonds. The summed E-state index contributed by atoms with van der Waals surface area (Å²) in [5.41, 5.74) is 0. The van der Waals surface area contributed by atoms with Gasteiger partial charge in [-0.15, -0.1) is 0 Å². The van der Waals surface area contributed by atoms with Crippen molar-refractivity contribution in [1.29, 1.82) is 0 Å². The molecule has 0 bridgehead atoms. The highest BCUT2D eigenvalue weighted by atomic mass is 31.1. The summed E-state index contributed by atoms with van der Waals surface area (Å²) in [5.74, 6) is -1.06. The Kier molecular flexibility index (Phi) is 10.2. The van der Waals surface area contributed by atoms with Crippen LogP contribution < -0.4 is 10.6 Å². The van der Waals surface area contributed by atoms with Crippen molar-refractivity contribution in [3.8, 4) is 0 Å². The van der Waals surface area contributed by atoms with Crippen LogP contribution in [0, 0.1) is 0 Å². The van der Waals surface area contributed by atoms with Gasteiger partial charge in [0.15, 0.2) is 0 Å². The first-order valence-corrected chi connectivity index (χ1v) is 8.17. The zero-order valence-corrected chi connectivity index (χ0v) is 11.6. The van der Waals surface area contributed by atoms with E-state index in [4.69, 9.17) is 14.9 Å². The maximum Gasteiger partial charge on any atom is 0.521 e. The molecule has 0 spiro atoms. The molecule has 0 aliphatic rings. The molecule has 104 valence electrons. The summed E-state index contributed by atoms with van der Waals surface area (Å²) in [6, 6.07) is -0.842. The average Bonchev–Trinajstić information content (AvgIpc) is 2.25. The number of carbonyl (C=O) groups is 1. The molecule has 0 saturated carbocycles. The molecule has 0 aromatic heterocycles. The van der Waals surface area contributed by atoms with Crippen molar-refractivity contribution in [3.63, 3.8) is 0 Å². The highest BCUT2D eigenvalue weighted by Gasteiger charge is 2.20. The van der Waals surface area contributed by atoms with Gasteiger partial charge in [-0.05, 0) is 28.5 Å². The lowest BCUT2D eigenvalue weighted by Gasteiger charge is -2.10. The van der Waals surface area contributed by atoms with E-state index in [0.29, 0.717) is 25.8 Å². The van der Waals surface area contributed by atoms with Gasteiger partial charge in [-0.2, -0.15) is 9.79 Å². The van der Waals surface area contributed by atoms with E-state index in [9.17, 15) is 13.9 Å². The zero-order valence-electron chi connectivity index (χ0n) is 9.78. The maximum atomic E-state index is 10.8. The van der Waals surface area contributed by atoms with Gasteiger partial charge in [0.25, 0.3) is 0 Å². The molecule has 18 heavy (non-hydrogen) atoms. The minimum Gasteiger partial charge on any atom is -0.480 e. The number of hydrogen-bond acceptors (Lipinski definition) is 5. The van der Waals surface area contributed by atoms with Crippen molar-refractivity contribution in [2.24, 2.45) is 0 Å². The van der Waals surface area contributed by atoms with Crippen LogP contribution in [0.25, 0.3) is 0 Å². The van der Waals surface area contributed by atoms with Gasteiger partial charge in [0, 0.05) is 0 Å². The molecule has 0 aromatic rings. The number of aliphatic carboxylic acids is 1. The van der Waals surface area contributed by atoms with Crippen molar-refractivity contribution in [1.82, 2.24) is 10.6 Å². The summed E-state index contributed by atoms with van der Waals surface area (Å²) < 4.78 is 20.8. The Balaban J connectivity index is 3.67. The Bertz CT molecular complexity index is 301. The van der Waals surface area contributed by atoms with Gasteiger partial charge in [0.1, 0.15) is 6.04 Å². The molecule has 0 radical (unpaired) electrons. The Hall–Kier alpha value is -0.490. The van der Waals surface area contributed by atoms with Crippen LogP contribution in [0.15, 0.2) is 0 Å². The van der Waals surface area contributed by atoms with E-state index >= 15 is 0 Å². The number of hydrogen-bond donors (Lipinski definition) is 5. The van der Waals surface area contributed by atoms with Gasteiger partial charge in [0.05, 0.1) is 0 Å². The van der Waals surface area contributed by atoms with Crippen LogP contribution in [0.5, 0.6) is 0 Å². The van der Waals surface area contributed by atoms with E-state index in [0.717, 1.165) is 0 Å². The van der Waals surface area contributed by atoms with E-state index in [1.807, 2.05) is 0 Å². The molecule has 0 aliphatic carbocycles. The fourth-order valence-corrected chi connectivity index (χ4v) is 2.00. The van der Waals surface area contributed by atoms with Gasteiger partial charge in [-0.25, -0.2) is 0 Å². The molecule has 0 fully saturated rings. The van der Waals surface area contributed by atoms with Crippen LogP contribution >= 0.6 is 16.1 Å². The molecule has 10 heteroatoms. The second kappa shape index (κ2) is 10.4.